The normalized spacial score (nSPS) is 19.4. The van der Waals surface area contributed by atoms with Crippen LogP contribution in [0.25, 0.3) is 11.0 Å². The van der Waals surface area contributed by atoms with Crippen molar-refractivity contribution in [1.82, 2.24) is 4.90 Å². The van der Waals surface area contributed by atoms with Gasteiger partial charge in [0, 0.05) is 18.0 Å². The van der Waals surface area contributed by atoms with E-state index < -0.39 is 0 Å². The van der Waals surface area contributed by atoms with Gasteiger partial charge in [-0.3, -0.25) is 9.69 Å². The lowest BCUT2D eigenvalue weighted by Gasteiger charge is -2.23. The lowest BCUT2D eigenvalue weighted by atomic mass is 10.1. The lowest BCUT2D eigenvalue weighted by molar-refractivity contribution is 0.0916. The molecule has 112 valence electrons. The number of rotatable bonds is 6. The highest BCUT2D eigenvalue weighted by atomic mass is 16.3. The van der Waals surface area contributed by atoms with E-state index in [0.29, 0.717) is 18.2 Å². The standard InChI is InChI=1S/C17H21NO3/c19-10-4-6-13-5-3-9-18(13)11-16(20)15-12-21-17-8-2-1-7-14(15)17/h1-2,7-8,12-13,19H,3-6,9-11H2. The van der Waals surface area contributed by atoms with Gasteiger partial charge >= 0.3 is 0 Å². The van der Waals surface area contributed by atoms with E-state index in [1.807, 2.05) is 24.3 Å². The molecule has 2 heterocycles. The van der Waals surface area contributed by atoms with Gasteiger partial charge in [0.05, 0.1) is 12.1 Å². The molecule has 3 rings (SSSR count). The highest BCUT2D eigenvalue weighted by Crippen LogP contribution is 2.24. The molecule has 1 atom stereocenters. The number of aliphatic hydroxyl groups excluding tert-OH is 1. The minimum absolute atomic E-state index is 0.121. The fourth-order valence-electron chi connectivity index (χ4n) is 3.22. The minimum atomic E-state index is 0.121. The van der Waals surface area contributed by atoms with Crippen LogP contribution < -0.4 is 0 Å². The summed E-state index contributed by atoms with van der Waals surface area (Å²) in [6.07, 6.45) is 5.61. The number of nitrogens with zero attached hydrogens (tertiary/aromatic N) is 1. The smallest absolute Gasteiger partial charge is 0.180 e. The number of carbonyl (C=O) groups excluding carboxylic acids is 1. The SMILES string of the molecule is O=C(CN1CCCC1CCCO)c1coc2ccccc12. The first-order valence-corrected chi connectivity index (χ1v) is 7.64. The highest BCUT2D eigenvalue weighted by molar-refractivity contribution is 6.08. The molecule has 0 bridgehead atoms. The van der Waals surface area contributed by atoms with Crippen LogP contribution in [0.1, 0.15) is 36.0 Å². The fourth-order valence-corrected chi connectivity index (χ4v) is 3.22. The van der Waals surface area contributed by atoms with Crippen LogP contribution >= 0.6 is 0 Å². The van der Waals surface area contributed by atoms with Crippen LogP contribution in [0.3, 0.4) is 0 Å². The van der Waals surface area contributed by atoms with E-state index in [-0.39, 0.29) is 12.4 Å². The van der Waals surface area contributed by atoms with Crippen LogP contribution in [0, 0.1) is 0 Å². The predicted molar refractivity (Wildman–Crippen MR) is 81.5 cm³/mol. The number of likely N-dealkylation sites (tertiary alicyclic amines) is 1. The molecule has 1 aliphatic heterocycles. The summed E-state index contributed by atoms with van der Waals surface area (Å²) in [4.78, 5) is 14.8. The maximum absolute atomic E-state index is 12.5. The van der Waals surface area contributed by atoms with E-state index in [1.54, 1.807) is 6.26 Å². The van der Waals surface area contributed by atoms with Crippen molar-refractivity contribution >= 4 is 16.8 Å². The third-order valence-electron chi connectivity index (χ3n) is 4.32. The zero-order valence-corrected chi connectivity index (χ0v) is 12.1. The zero-order valence-electron chi connectivity index (χ0n) is 12.1. The first-order valence-electron chi connectivity index (χ1n) is 7.64. The number of furan rings is 1. The summed E-state index contributed by atoms with van der Waals surface area (Å²) in [6.45, 7) is 1.64. The minimum Gasteiger partial charge on any atom is -0.464 e. The Morgan fingerprint density at radius 3 is 3.10 bits per heavy atom. The second-order valence-corrected chi connectivity index (χ2v) is 5.70. The van der Waals surface area contributed by atoms with E-state index >= 15 is 0 Å². The van der Waals surface area contributed by atoms with Crippen LogP contribution in [-0.4, -0.2) is 41.5 Å². The van der Waals surface area contributed by atoms with E-state index in [4.69, 9.17) is 9.52 Å². The molecule has 21 heavy (non-hydrogen) atoms. The monoisotopic (exact) mass is 287 g/mol. The van der Waals surface area contributed by atoms with Gasteiger partial charge < -0.3 is 9.52 Å². The Balaban J connectivity index is 1.71. The number of benzene rings is 1. The van der Waals surface area contributed by atoms with Crippen LogP contribution in [-0.2, 0) is 0 Å². The Hall–Kier alpha value is -1.65. The molecule has 1 aromatic heterocycles. The average Bonchev–Trinajstić information content (AvgIpc) is 3.11. The molecule has 1 fully saturated rings. The van der Waals surface area contributed by atoms with Crippen LogP contribution in [0.15, 0.2) is 34.9 Å². The second-order valence-electron chi connectivity index (χ2n) is 5.70. The van der Waals surface area contributed by atoms with Gasteiger partial charge in [0.2, 0.25) is 0 Å². The van der Waals surface area contributed by atoms with Crippen molar-refractivity contribution in [3.8, 4) is 0 Å². The van der Waals surface area contributed by atoms with Crippen molar-refractivity contribution in [2.75, 3.05) is 19.7 Å². The molecule has 4 heteroatoms. The summed E-state index contributed by atoms with van der Waals surface area (Å²) in [7, 11) is 0. The summed E-state index contributed by atoms with van der Waals surface area (Å²) >= 11 is 0. The molecule has 2 aromatic rings. The van der Waals surface area contributed by atoms with Crippen molar-refractivity contribution < 1.29 is 14.3 Å². The maximum atomic E-state index is 12.5. The zero-order chi connectivity index (χ0) is 14.7. The number of aliphatic hydroxyl groups is 1. The molecule has 0 spiro atoms. The van der Waals surface area contributed by atoms with Crippen LogP contribution in [0.4, 0.5) is 0 Å². The Bertz CT molecular complexity index is 619. The summed E-state index contributed by atoms with van der Waals surface area (Å²) < 4.78 is 5.45. The summed E-state index contributed by atoms with van der Waals surface area (Å²) in [5.41, 5.74) is 1.44. The fraction of sp³-hybridized carbons (Fsp3) is 0.471. The molecule has 0 saturated carbocycles. The third-order valence-corrected chi connectivity index (χ3v) is 4.32. The molecule has 0 aliphatic carbocycles. The molecule has 1 aliphatic rings. The first-order chi connectivity index (χ1) is 10.3. The summed E-state index contributed by atoms with van der Waals surface area (Å²) in [5, 5.41) is 9.86. The van der Waals surface area contributed by atoms with Gasteiger partial charge in [-0.2, -0.15) is 0 Å². The molecule has 1 saturated heterocycles. The Morgan fingerprint density at radius 2 is 2.24 bits per heavy atom. The molecule has 1 unspecified atom stereocenters. The summed E-state index contributed by atoms with van der Waals surface area (Å²) in [5.74, 6) is 0.121. The van der Waals surface area contributed by atoms with E-state index in [0.717, 1.165) is 43.2 Å². The largest absolute Gasteiger partial charge is 0.464 e. The third kappa shape index (κ3) is 3.01. The van der Waals surface area contributed by atoms with Gasteiger partial charge in [-0.05, 0) is 38.3 Å². The van der Waals surface area contributed by atoms with Crippen molar-refractivity contribution in [2.24, 2.45) is 0 Å². The summed E-state index contributed by atoms with van der Waals surface area (Å²) in [6, 6.07) is 8.07. The molecular formula is C17H21NO3. The average molecular weight is 287 g/mol. The van der Waals surface area contributed by atoms with E-state index in [9.17, 15) is 4.79 Å². The number of Topliss-reactive ketones (excluding diaryl/α,β-unsaturated/α-hetero) is 1. The van der Waals surface area contributed by atoms with Crippen molar-refractivity contribution in [1.29, 1.82) is 0 Å². The number of para-hydroxylation sites is 1. The Morgan fingerprint density at radius 1 is 1.38 bits per heavy atom. The molecule has 1 N–H and O–H groups in total. The Kier molecular flexibility index (Phi) is 4.36. The molecule has 4 nitrogen and oxygen atoms in total. The highest BCUT2D eigenvalue weighted by Gasteiger charge is 2.26. The molecule has 0 amide bonds. The maximum Gasteiger partial charge on any atom is 0.180 e. The predicted octanol–water partition coefficient (Wildman–Crippen LogP) is 2.85. The van der Waals surface area contributed by atoms with E-state index in [2.05, 4.69) is 4.90 Å². The first kappa shape index (κ1) is 14.3. The van der Waals surface area contributed by atoms with Crippen molar-refractivity contribution in [3.05, 3.63) is 36.1 Å². The van der Waals surface area contributed by atoms with E-state index in [1.165, 1.54) is 0 Å². The number of carbonyl (C=O) groups is 1. The van der Waals surface area contributed by atoms with Gasteiger partial charge in [-0.25, -0.2) is 0 Å². The number of hydrogen-bond acceptors (Lipinski definition) is 4. The van der Waals surface area contributed by atoms with Gasteiger partial charge in [0.1, 0.15) is 11.8 Å². The van der Waals surface area contributed by atoms with Crippen molar-refractivity contribution in [3.63, 3.8) is 0 Å². The van der Waals surface area contributed by atoms with Gasteiger partial charge in [0.15, 0.2) is 5.78 Å². The molecule has 0 radical (unpaired) electrons. The van der Waals surface area contributed by atoms with Gasteiger partial charge in [0.25, 0.3) is 0 Å². The number of hydrogen-bond donors (Lipinski definition) is 1. The van der Waals surface area contributed by atoms with Gasteiger partial charge in [-0.1, -0.05) is 18.2 Å². The number of fused-ring (bicyclic) bond motifs is 1. The Labute approximate surface area is 124 Å². The topological polar surface area (TPSA) is 53.7 Å². The molecular weight excluding hydrogens is 266 g/mol. The van der Waals surface area contributed by atoms with Gasteiger partial charge in [-0.15, -0.1) is 0 Å². The molecule has 1 aromatic carbocycles. The second kappa shape index (κ2) is 6.41. The quantitative estimate of drug-likeness (QED) is 0.830. The van der Waals surface area contributed by atoms with Crippen LogP contribution in [0.5, 0.6) is 0 Å². The van der Waals surface area contributed by atoms with Crippen LogP contribution in [0.2, 0.25) is 0 Å². The number of ketones is 1. The van der Waals surface area contributed by atoms with Crippen molar-refractivity contribution in [2.45, 2.75) is 31.7 Å². The lowest BCUT2D eigenvalue weighted by Crippen LogP contribution is -2.34.